The van der Waals surface area contributed by atoms with Gasteiger partial charge in [-0.15, -0.1) is 5.92 Å². The first-order valence-corrected chi connectivity index (χ1v) is 6.62. The molecule has 100 valence electrons. The van der Waals surface area contributed by atoms with Crippen LogP contribution in [0.4, 0.5) is 0 Å². The Morgan fingerprint density at radius 2 is 1.55 bits per heavy atom. The van der Waals surface area contributed by atoms with Gasteiger partial charge < -0.3 is 9.47 Å². The second kappa shape index (κ2) is 4.94. The molecule has 1 aliphatic rings. The van der Waals surface area contributed by atoms with Gasteiger partial charge in [-0.1, -0.05) is 35.2 Å². The normalized spacial score (nSPS) is 11.9. The van der Waals surface area contributed by atoms with E-state index in [9.17, 15) is 0 Å². The van der Waals surface area contributed by atoms with Crippen LogP contribution in [-0.2, 0) is 0 Å². The average Bonchev–Trinajstić information content (AvgIpc) is 2.84. The maximum Gasteiger partial charge on any atom is 0.231 e. The van der Waals surface area contributed by atoms with E-state index in [1.54, 1.807) is 0 Å². The van der Waals surface area contributed by atoms with Crippen LogP contribution in [0.3, 0.4) is 0 Å². The smallest absolute Gasteiger partial charge is 0.231 e. The Morgan fingerprint density at radius 1 is 0.900 bits per heavy atom. The van der Waals surface area contributed by atoms with E-state index in [1.165, 1.54) is 16.7 Å². The lowest BCUT2D eigenvalue weighted by Crippen LogP contribution is -1.92. The van der Waals surface area contributed by atoms with E-state index in [0.717, 1.165) is 22.6 Å². The second-order valence-corrected chi connectivity index (χ2v) is 5.00. The van der Waals surface area contributed by atoms with Gasteiger partial charge >= 0.3 is 0 Å². The van der Waals surface area contributed by atoms with E-state index in [1.807, 2.05) is 19.1 Å². The van der Waals surface area contributed by atoms with Crippen molar-refractivity contribution in [1.82, 2.24) is 0 Å². The number of hydrogen-bond acceptors (Lipinski definition) is 2. The first-order chi connectivity index (χ1) is 9.67. The molecule has 2 aromatic carbocycles. The van der Waals surface area contributed by atoms with Crippen LogP contribution in [0, 0.1) is 25.7 Å². The molecule has 0 fully saturated rings. The van der Waals surface area contributed by atoms with Crippen LogP contribution >= 0.6 is 0 Å². The van der Waals surface area contributed by atoms with Gasteiger partial charge in [0.1, 0.15) is 0 Å². The van der Waals surface area contributed by atoms with Gasteiger partial charge in [0.25, 0.3) is 0 Å². The molecule has 1 aliphatic heterocycles. The molecular formula is C18H16O2. The average molecular weight is 264 g/mol. The second-order valence-electron chi connectivity index (χ2n) is 5.00. The largest absolute Gasteiger partial charge is 0.454 e. The van der Waals surface area contributed by atoms with Gasteiger partial charge in [0.15, 0.2) is 11.5 Å². The molecule has 0 spiro atoms. The van der Waals surface area contributed by atoms with E-state index in [4.69, 9.17) is 9.47 Å². The van der Waals surface area contributed by atoms with E-state index in [0.29, 0.717) is 0 Å². The zero-order chi connectivity index (χ0) is 14.1. The molecule has 0 amide bonds. The van der Waals surface area contributed by atoms with Crippen LogP contribution in [0.15, 0.2) is 30.3 Å². The van der Waals surface area contributed by atoms with Crippen molar-refractivity contribution >= 4 is 0 Å². The number of hydrogen-bond donors (Lipinski definition) is 0. The van der Waals surface area contributed by atoms with Gasteiger partial charge in [-0.25, -0.2) is 0 Å². The maximum atomic E-state index is 5.48. The van der Waals surface area contributed by atoms with Gasteiger partial charge in [0.2, 0.25) is 6.79 Å². The van der Waals surface area contributed by atoms with Crippen LogP contribution in [-0.4, -0.2) is 6.79 Å². The molecular weight excluding hydrogens is 248 g/mol. The summed E-state index contributed by atoms with van der Waals surface area (Å²) in [6.07, 6.45) is 0. The van der Waals surface area contributed by atoms with Crippen molar-refractivity contribution in [2.24, 2.45) is 0 Å². The molecule has 2 nitrogen and oxygen atoms in total. The Hall–Kier alpha value is -2.40. The predicted octanol–water partition coefficient (Wildman–Crippen LogP) is 4.07. The minimum atomic E-state index is 0.282. The molecule has 2 aromatic rings. The highest BCUT2D eigenvalue weighted by Gasteiger charge is 2.17. The van der Waals surface area contributed by atoms with Crippen molar-refractivity contribution in [3.8, 4) is 34.5 Å². The van der Waals surface area contributed by atoms with Crippen LogP contribution in [0.2, 0.25) is 0 Å². The quantitative estimate of drug-likeness (QED) is 0.723. The number of rotatable bonds is 1. The van der Waals surface area contributed by atoms with Crippen LogP contribution in [0.5, 0.6) is 11.5 Å². The molecule has 0 saturated heterocycles. The summed E-state index contributed by atoms with van der Waals surface area (Å²) in [6.45, 7) is 6.34. The van der Waals surface area contributed by atoms with Crippen molar-refractivity contribution in [3.63, 3.8) is 0 Å². The van der Waals surface area contributed by atoms with Gasteiger partial charge in [-0.2, -0.15) is 0 Å². The minimum Gasteiger partial charge on any atom is -0.454 e. The SMILES string of the molecule is CC#Cc1cc2c(cc1-c1cc(C)cc(C)c1)OCO2. The molecule has 0 saturated carbocycles. The lowest BCUT2D eigenvalue weighted by atomic mass is 9.96. The zero-order valence-corrected chi connectivity index (χ0v) is 11.9. The standard InChI is InChI=1S/C18H16O2/c1-4-5-14-9-17-18(20-11-19-17)10-16(14)15-7-12(2)6-13(3)8-15/h6-10H,11H2,1-3H3. The highest BCUT2D eigenvalue weighted by molar-refractivity contribution is 5.76. The van der Waals surface area contributed by atoms with Crippen molar-refractivity contribution < 1.29 is 9.47 Å². The fourth-order valence-corrected chi connectivity index (χ4v) is 2.55. The van der Waals surface area contributed by atoms with Crippen LogP contribution < -0.4 is 9.47 Å². The van der Waals surface area contributed by atoms with Gasteiger partial charge in [0, 0.05) is 17.2 Å². The van der Waals surface area contributed by atoms with E-state index >= 15 is 0 Å². The number of benzene rings is 2. The summed E-state index contributed by atoms with van der Waals surface area (Å²) >= 11 is 0. The van der Waals surface area contributed by atoms with Crippen molar-refractivity contribution in [1.29, 1.82) is 0 Å². The summed E-state index contributed by atoms with van der Waals surface area (Å²) in [7, 11) is 0. The minimum absolute atomic E-state index is 0.282. The third kappa shape index (κ3) is 2.23. The molecule has 0 radical (unpaired) electrons. The highest BCUT2D eigenvalue weighted by atomic mass is 16.7. The molecule has 0 unspecified atom stereocenters. The van der Waals surface area contributed by atoms with Gasteiger partial charge in [-0.05, 0) is 32.4 Å². The lowest BCUT2D eigenvalue weighted by Gasteiger charge is -2.09. The van der Waals surface area contributed by atoms with Crippen molar-refractivity contribution in [3.05, 3.63) is 47.0 Å². The molecule has 0 atom stereocenters. The maximum absolute atomic E-state index is 5.48. The van der Waals surface area contributed by atoms with Crippen molar-refractivity contribution in [2.75, 3.05) is 6.79 Å². The molecule has 2 heteroatoms. The highest BCUT2D eigenvalue weighted by Crippen LogP contribution is 2.38. The third-order valence-corrected chi connectivity index (χ3v) is 3.31. The molecule has 3 rings (SSSR count). The lowest BCUT2D eigenvalue weighted by molar-refractivity contribution is 0.174. The summed E-state index contributed by atoms with van der Waals surface area (Å²) in [6, 6.07) is 10.5. The number of ether oxygens (including phenoxy) is 2. The van der Waals surface area contributed by atoms with Crippen LogP contribution in [0.1, 0.15) is 23.6 Å². The number of fused-ring (bicyclic) bond motifs is 1. The first-order valence-electron chi connectivity index (χ1n) is 6.62. The molecule has 0 aromatic heterocycles. The molecule has 20 heavy (non-hydrogen) atoms. The van der Waals surface area contributed by atoms with Crippen LogP contribution in [0.25, 0.3) is 11.1 Å². The summed E-state index contributed by atoms with van der Waals surface area (Å²) < 4.78 is 10.9. The Morgan fingerprint density at radius 3 is 2.20 bits per heavy atom. The molecule has 0 aliphatic carbocycles. The monoisotopic (exact) mass is 264 g/mol. The Balaban J connectivity index is 2.22. The van der Waals surface area contributed by atoms with Crippen molar-refractivity contribution in [2.45, 2.75) is 20.8 Å². The van der Waals surface area contributed by atoms with Gasteiger partial charge in [0.05, 0.1) is 0 Å². The Bertz CT molecular complexity index is 713. The fraction of sp³-hybridized carbons (Fsp3) is 0.222. The first kappa shape index (κ1) is 12.6. The zero-order valence-electron chi connectivity index (χ0n) is 11.9. The topological polar surface area (TPSA) is 18.5 Å². The predicted molar refractivity (Wildman–Crippen MR) is 80.0 cm³/mol. The molecule has 0 N–H and O–H groups in total. The fourth-order valence-electron chi connectivity index (χ4n) is 2.55. The number of aryl methyl sites for hydroxylation is 2. The van der Waals surface area contributed by atoms with E-state index in [2.05, 4.69) is 43.9 Å². The molecule has 0 bridgehead atoms. The summed E-state index contributed by atoms with van der Waals surface area (Å²) in [4.78, 5) is 0. The summed E-state index contributed by atoms with van der Waals surface area (Å²) in [5.41, 5.74) is 5.72. The van der Waals surface area contributed by atoms with E-state index < -0.39 is 0 Å². The summed E-state index contributed by atoms with van der Waals surface area (Å²) in [5.74, 6) is 7.69. The van der Waals surface area contributed by atoms with Gasteiger partial charge in [-0.3, -0.25) is 0 Å². The summed E-state index contributed by atoms with van der Waals surface area (Å²) in [5, 5.41) is 0. The Labute approximate surface area is 119 Å². The van der Waals surface area contributed by atoms with E-state index in [-0.39, 0.29) is 6.79 Å². The third-order valence-electron chi connectivity index (χ3n) is 3.31. The Kier molecular flexibility index (Phi) is 3.12. The molecule has 1 heterocycles.